The van der Waals surface area contributed by atoms with Gasteiger partial charge in [-0.1, -0.05) is 28.1 Å². The highest BCUT2D eigenvalue weighted by molar-refractivity contribution is 9.10. The van der Waals surface area contributed by atoms with Crippen LogP contribution < -0.4 is 11.1 Å². The number of nitrogens with two attached hydrogens (primary N) is 1. The van der Waals surface area contributed by atoms with E-state index in [1.807, 2.05) is 24.3 Å². The molecule has 4 nitrogen and oxygen atoms in total. The zero-order chi connectivity index (χ0) is 11.3. The van der Waals surface area contributed by atoms with Crippen LogP contribution >= 0.6 is 15.9 Å². The molecule has 5 heteroatoms. The van der Waals surface area contributed by atoms with E-state index in [9.17, 15) is 9.59 Å². The van der Waals surface area contributed by atoms with E-state index in [1.54, 1.807) is 0 Å². The molecule has 0 aliphatic heterocycles. The van der Waals surface area contributed by atoms with E-state index in [0.29, 0.717) is 13.0 Å². The van der Waals surface area contributed by atoms with Gasteiger partial charge in [-0.15, -0.1) is 0 Å². The number of carbonyl (C=O) groups is 2. The van der Waals surface area contributed by atoms with Crippen LogP contribution in [0.5, 0.6) is 0 Å². The first-order chi connectivity index (χ1) is 7.09. The summed E-state index contributed by atoms with van der Waals surface area (Å²) in [6, 6.07) is 7.73. The Morgan fingerprint density at radius 1 is 1.40 bits per heavy atom. The first-order valence-corrected chi connectivity index (χ1v) is 5.21. The normalized spacial score (nSPS) is 9.67. The lowest BCUT2D eigenvalue weighted by molar-refractivity contribution is -0.137. The largest absolute Gasteiger partial charge is 0.361 e. The van der Waals surface area contributed by atoms with Crippen molar-refractivity contribution in [3.05, 3.63) is 34.3 Å². The second kappa shape index (κ2) is 5.50. The van der Waals surface area contributed by atoms with E-state index in [4.69, 9.17) is 5.73 Å². The Morgan fingerprint density at radius 2 is 2.13 bits per heavy atom. The van der Waals surface area contributed by atoms with Gasteiger partial charge in [0.15, 0.2) is 0 Å². The average molecular weight is 271 g/mol. The molecule has 80 valence electrons. The van der Waals surface area contributed by atoms with Gasteiger partial charge in [0.05, 0.1) is 0 Å². The third-order valence-corrected chi connectivity index (χ3v) is 2.31. The molecule has 1 aromatic rings. The zero-order valence-corrected chi connectivity index (χ0v) is 9.58. The maximum Gasteiger partial charge on any atom is 0.309 e. The lowest BCUT2D eigenvalue weighted by atomic mass is 10.1. The quantitative estimate of drug-likeness (QED) is 0.790. The molecule has 0 unspecified atom stereocenters. The van der Waals surface area contributed by atoms with Crippen LogP contribution in [-0.4, -0.2) is 18.4 Å². The summed E-state index contributed by atoms with van der Waals surface area (Å²) in [6.45, 7) is 0.401. The zero-order valence-electron chi connectivity index (χ0n) is 8.00. The van der Waals surface area contributed by atoms with Crippen molar-refractivity contribution in [3.63, 3.8) is 0 Å². The molecule has 1 rings (SSSR count). The van der Waals surface area contributed by atoms with Gasteiger partial charge >= 0.3 is 11.8 Å². The van der Waals surface area contributed by atoms with E-state index >= 15 is 0 Å². The van der Waals surface area contributed by atoms with Crippen LogP contribution in [0, 0.1) is 0 Å². The number of amides is 2. The van der Waals surface area contributed by atoms with Gasteiger partial charge < -0.3 is 11.1 Å². The molecule has 0 spiro atoms. The second-order valence-corrected chi connectivity index (χ2v) is 3.92. The van der Waals surface area contributed by atoms with Crippen LogP contribution in [0.15, 0.2) is 28.7 Å². The lowest BCUT2D eigenvalue weighted by Gasteiger charge is -2.03. The van der Waals surface area contributed by atoms with Crippen molar-refractivity contribution in [2.24, 2.45) is 5.73 Å². The lowest BCUT2D eigenvalue weighted by Crippen LogP contribution is -2.37. The van der Waals surface area contributed by atoms with E-state index < -0.39 is 11.8 Å². The summed E-state index contributed by atoms with van der Waals surface area (Å²) >= 11 is 3.34. The molecular weight excluding hydrogens is 260 g/mol. The molecule has 0 aromatic heterocycles. The molecule has 1 aromatic carbocycles. The van der Waals surface area contributed by atoms with Crippen molar-refractivity contribution in [2.75, 3.05) is 6.54 Å². The maximum atomic E-state index is 10.8. The highest BCUT2D eigenvalue weighted by atomic mass is 79.9. The molecule has 3 N–H and O–H groups in total. The Kier molecular flexibility index (Phi) is 4.30. The number of hydrogen-bond donors (Lipinski definition) is 2. The minimum Gasteiger partial charge on any atom is -0.361 e. The van der Waals surface area contributed by atoms with Gasteiger partial charge in [0.2, 0.25) is 0 Å². The van der Waals surface area contributed by atoms with Gasteiger partial charge in [-0.25, -0.2) is 0 Å². The summed E-state index contributed by atoms with van der Waals surface area (Å²) in [5.41, 5.74) is 5.86. The Hall–Kier alpha value is -1.36. The highest BCUT2D eigenvalue weighted by Crippen LogP contribution is 2.11. The molecule has 2 amide bonds. The van der Waals surface area contributed by atoms with Gasteiger partial charge in [-0.3, -0.25) is 9.59 Å². The van der Waals surface area contributed by atoms with Crippen molar-refractivity contribution >= 4 is 27.7 Å². The van der Waals surface area contributed by atoms with Crippen LogP contribution in [-0.2, 0) is 16.0 Å². The summed E-state index contributed by atoms with van der Waals surface area (Å²) < 4.78 is 0.987. The molecule has 0 aliphatic rings. The van der Waals surface area contributed by atoms with Crippen molar-refractivity contribution in [2.45, 2.75) is 6.42 Å². The Balaban J connectivity index is 2.38. The van der Waals surface area contributed by atoms with E-state index in [-0.39, 0.29) is 0 Å². The number of rotatable bonds is 3. The van der Waals surface area contributed by atoms with Gasteiger partial charge in [0, 0.05) is 11.0 Å². The second-order valence-electron chi connectivity index (χ2n) is 3.00. The Bertz CT molecular complexity index is 379. The molecular formula is C10H11BrN2O2. The van der Waals surface area contributed by atoms with Crippen molar-refractivity contribution < 1.29 is 9.59 Å². The van der Waals surface area contributed by atoms with E-state index in [1.165, 1.54) is 0 Å². The van der Waals surface area contributed by atoms with Gasteiger partial charge in [0.25, 0.3) is 0 Å². The van der Waals surface area contributed by atoms with Crippen LogP contribution in [0.1, 0.15) is 5.56 Å². The van der Waals surface area contributed by atoms with Crippen LogP contribution in [0.2, 0.25) is 0 Å². The molecule has 0 heterocycles. The first-order valence-electron chi connectivity index (χ1n) is 4.41. The molecule has 0 saturated heterocycles. The first kappa shape index (κ1) is 11.7. The third kappa shape index (κ3) is 4.12. The van der Waals surface area contributed by atoms with Gasteiger partial charge in [0.1, 0.15) is 0 Å². The predicted molar refractivity (Wildman–Crippen MR) is 60.1 cm³/mol. The summed E-state index contributed by atoms with van der Waals surface area (Å²) in [4.78, 5) is 21.2. The number of halogens is 1. The predicted octanol–water partition coefficient (Wildman–Crippen LogP) is 0.593. The fourth-order valence-corrected chi connectivity index (χ4v) is 1.55. The van der Waals surface area contributed by atoms with Gasteiger partial charge in [-0.05, 0) is 24.1 Å². The molecule has 0 saturated carbocycles. The Morgan fingerprint density at radius 3 is 2.73 bits per heavy atom. The summed E-state index contributed by atoms with van der Waals surface area (Å²) in [5, 5.41) is 2.42. The van der Waals surface area contributed by atoms with Crippen molar-refractivity contribution in [3.8, 4) is 0 Å². The highest BCUT2D eigenvalue weighted by Gasteiger charge is 2.06. The van der Waals surface area contributed by atoms with Crippen LogP contribution in [0.3, 0.4) is 0 Å². The monoisotopic (exact) mass is 270 g/mol. The molecule has 0 radical (unpaired) electrons. The molecule has 0 atom stereocenters. The minimum absolute atomic E-state index is 0.401. The fourth-order valence-electron chi connectivity index (χ4n) is 1.10. The van der Waals surface area contributed by atoms with E-state index in [0.717, 1.165) is 10.0 Å². The van der Waals surface area contributed by atoms with Crippen LogP contribution in [0.4, 0.5) is 0 Å². The third-order valence-electron chi connectivity index (χ3n) is 1.81. The number of hydrogen-bond acceptors (Lipinski definition) is 2. The number of benzene rings is 1. The smallest absolute Gasteiger partial charge is 0.309 e. The number of carbonyl (C=O) groups excluding carboxylic acids is 2. The van der Waals surface area contributed by atoms with Crippen molar-refractivity contribution in [1.29, 1.82) is 0 Å². The molecule has 0 fully saturated rings. The standard InChI is InChI=1S/C10H11BrN2O2/c11-8-3-1-2-7(6-8)4-5-13-10(15)9(12)14/h1-3,6H,4-5H2,(H2,12,14)(H,13,15). The molecule has 0 aliphatic carbocycles. The number of nitrogens with one attached hydrogen (secondary N) is 1. The summed E-state index contributed by atoms with van der Waals surface area (Å²) in [6.07, 6.45) is 0.665. The molecule has 0 bridgehead atoms. The van der Waals surface area contributed by atoms with Gasteiger partial charge in [-0.2, -0.15) is 0 Å². The molecule has 15 heavy (non-hydrogen) atoms. The summed E-state index contributed by atoms with van der Waals surface area (Å²) in [7, 11) is 0. The maximum absolute atomic E-state index is 10.8. The average Bonchev–Trinajstić information content (AvgIpc) is 2.17. The van der Waals surface area contributed by atoms with E-state index in [2.05, 4.69) is 21.2 Å². The van der Waals surface area contributed by atoms with Crippen LogP contribution in [0.25, 0.3) is 0 Å². The SMILES string of the molecule is NC(=O)C(=O)NCCc1cccc(Br)c1. The van der Waals surface area contributed by atoms with Crippen molar-refractivity contribution in [1.82, 2.24) is 5.32 Å². The topological polar surface area (TPSA) is 72.2 Å². The Labute approximate surface area is 96.0 Å². The number of primary amides is 1. The minimum atomic E-state index is -0.954. The fraction of sp³-hybridized carbons (Fsp3) is 0.200. The summed E-state index contributed by atoms with van der Waals surface area (Å²) in [5.74, 6) is -1.70.